The van der Waals surface area contributed by atoms with E-state index in [-0.39, 0.29) is 35.6 Å². The minimum Gasteiger partial charge on any atom is -0.383 e. The van der Waals surface area contributed by atoms with Gasteiger partial charge in [0, 0.05) is 24.2 Å². The minimum atomic E-state index is -3.67. The zero-order valence-corrected chi connectivity index (χ0v) is 15.3. The monoisotopic (exact) mass is 392 g/mol. The Balaban J connectivity index is 3.01. The lowest BCUT2D eigenvalue weighted by Crippen LogP contribution is -2.32. The molecule has 0 aliphatic rings. The van der Waals surface area contributed by atoms with E-state index in [2.05, 4.69) is 26.0 Å². The SMILES string of the molecule is CCC(C)NC(=O)c1cc(S(=O)(=O)NCCOC)ccc1Br. The summed E-state index contributed by atoms with van der Waals surface area (Å²) in [5, 5.41) is 2.81. The quantitative estimate of drug-likeness (QED) is 0.661. The summed E-state index contributed by atoms with van der Waals surface area (Å²) in [6, 6.07) is 4.37. The molecule has 124 valence electrons. The zero-order chi connectivity index (χ0) is 16.8. The van der Waals surface area contributed by atoms with Gasteiger partial charge >= 0.3 is 0 Å². The summed E-state index contributed by atoms with van der Waals surface area (Å²) in [7, 11) is -2.18. The highest BCUT2D eigenvalue weighted by molar-refractivity contribution is 9.10. The van der Waals surface area contributed by atoms with Crippen LogP contribution in [0.25, 0.3) is 0 Å². The fourth-order valence-electron chi connectivity index (χ4n) is 1.61. The van der Waals surface area contributed by atoms with Gasteiger partial charge in [-0.05, 0) is 47.5 Å². The van der Waals surface area contributed by atoms with Gasteiger partial charge in [-0.3, -0.25) is 4.79 Å². The Morgan fingerprint density at radius 2 is 2.09 bits per heavy atom. The summed E-state index contributed by atoms with van der Waals surface area (Å²) < 4.78 is 32.1. The molecule has 1 atom stereocenters. The number of benzene rings is 1. The lowest BCUT2D eigenvalue weighted by molar-refractivity contribution is 0.0938. The summed E-state index contributed by atoms with van der Waals surface area (Å²) in [5.41, 5.74) is 0.287. The van der Waals surface area contributed by atoms with Crippen LogP contribution in [0.2, 0.25) is 0 Å². The molecule has 1 unspecified atom stereocenters. The topological polar surface area (TPSA) is 84.5 Å². The molecular formula is C14H21BrN2O4S. The maximum Gasteiger partial charge on any atom is 0.252 e. The third-order valence-electron chi connectivity index (χ3n) is 3.08. The Labute approximate surface area is 139 Å². The largest absolute Gasteiger partial charge is 0.383 e. The van der Waals surface area contributed by atoms with Crippen molar-refractivity contribution in [2.24, 2.45) is 0 Å². The molecule has 1 aromatic rings. The zero-order valence-electron chi connectivity index (χ0n) is 12.8. The van der Waals surface area contributed by atoms with E-state index in [0.717, 1.165) is 6.42 Å². The van der Waals surface area contributed by atoms with Crippen molar-refractivity contribution >= 4 is 31.9 Å². The Bertz CT molecular complexity index is 619. The summed E-state index contributed by atoms with van der Waals surface area (Å²) in [6.07, 6.45) is 0.792. The number of ether oxygens (including phenoxy) is 1. The fourth-order valence-corrected chi connectivity index (χ4v) is 3.08. The van der Waals surface area contributed by atoms with Crippen molar-refractivity contribution < 1.29 is 17.9 Å². The predicted octanol–water partition coefficient (Wildman–Crippen LogP) is 1.90. The van der Waals surface area contributed by atoms with E-state index in [4.69, 9.17) is 4.74 Å². The van der Waals surface area contributed by atoms with Crippen LogP contribution < -0.4 is 10.0 Å². The van der Waals surface area contributed by atoms with Crippen molar-refractivity contribution in [3.05, 3.63) is 28.2 Å². The molecule has 0 spiro atoms. The number of carbonyl (C=O) groups excluding carboxylic acids is 1. The number of hydrogen-bond donors (Lipinski definition) is 2. The molecule has 1 amide bonds. The van der Waals surface area contributed by atoms with E-state index in [1.807, 2.05) is 13.8 Å². The Morgan fingerprint density at radius 3 is 2.68 bits per heavy atom. The maximum atomic E-state index is 12.2. The predicted molar refractivity (Wildman–Crippen MR) is 88.4 cm³/mol. The van der Waals surface area contributed by atoms with Crippen LogP contribution in [0.1, 0.15) is 30.6 Å². The first kappa shape index (κ1) is 19.1. The Morgan fingerprint density at radius 1 is 1.41 bits per heavy atom. The van der Waals surface area contributed by atoms with Crippen LogP contribution in [0.3, 0.4) is 0 Å². The third-order valence-corrected chi connectivity index (χ3v) is 5.23. The number of methoxy groups -OCH3 is 1. The lowest BCUT2D eigenvalue weighted by Gasteiger charge is -2.13. The van der Waals surface area contributed by atoms with Gasteiger partial charge in [0.2, 0.25) is 10.0 Å². The van der Waals surface area contributed by atoms with Gasteiger partial charge in [0.15, 0.2) is 0 Å². The molecular weight excluding hydrogens is 372 g/mol. The van der Waals surface area contributed by atoms with E-state index in [1.54, 1.807) is 6.07 Å². The molecule has 8 heteroatoms. The van der Waals surface area contributed by atoms with Crippen LogP contribution in [0.15, 0.2) is 27.6 Å². The number of sulfonamides is 1. The summed E-state index contributed by atoms with van der Waals surface area (Å²) in [4.78, 5) is 12.2. The van der Waals surface area contributed by atoms with Crippen molar-refractivity contribution in [1.82, 2.24) is 10.0 Å². The summed E-state index contributed by atoms with van der Waals surface area (Å²) in [5.74, 6) is -0.310. The van der Waals surface area contributed by atoms with Gasteiger partial charge in [-0.1, -0.05) is 6.92 Å². The molecule has 0 aliphatic heterocycles. The number of nitrogens with one attached hydrogen (secondary N) is 2. The maximum absolute atomic E-state index is 12.2. The van der Waals surface area contributed by atoms with Gasteiger partial charge in [-0.2, -0.15) is 0 Å². The first-order chi connectivity index (χ1) is 10.3. The second-order valence-electron chi connectivity index (χ2n) is 4.81. The molecule has 0 saturated carbocycles. The number of amides is 1. The van der Waals surface area contributed by atoms with Crippen molar-refractivity contribution in [3.8, 4) is 0 Å². The highest BCUT2D eigenvalue weighted by Gasteiger charge is 2.18. The van der Waals surface area contributed by atoms with Crippen molar-refractivity contribution in [2.45, 2.75) is 31.2 Å². The number of rotatable bonds is 8. The summed E-state index contributed by atoms with van der Waals surface area (Å²) in [6.45, 7) is 4.29. The lowest BCUT2D eigenvalue weighted by atomic mass is 10.2. The number of halogens is 1. The average Bonchev–Trinajstić information content (AvgIpc) is 2.47. The van der Waals surface area contributed by atoms with Gasteiger partial charge in [0.1, 0.15) is 0 Å². The molecule has 0 saturated heterocycles. The standard InChI is InChI=1S/C14H21BrN2O4S/c1-4-10(2)17-14(18)12-9-11(5-6-13(12)15)22(19,20)16-7-8-21-3/h5-6,9-10,16H,4,7-8H2,1-3H3,(H,17,18). The molecule has 1 aromatic carbocycles. The van der Waals surface area contributed by atoms with Crippen LogP contribution in [0, 0.1) is 0 Å². The van der Waals surface area contributed by atoms with Gasteiger partial charge in [-0.15, -0.1) is 0 Å². The third kappa shape index (κ3) is 5.35. The van der Waals surface area contributed by atoms with Crippen molar-refractivity contribution in [1.29, 1.82) is 0 Å². The van der Waals surface area contributed by atoms with Crippen molar-refractivity contribution in [2.75, 3.05) is 20.3 Å². The molecule has 6 nitrogen and oxygen atoms in total. The van der Waals surface area contributed by atoms with Crippen LogP contribution >= 0.6 is 15.9 Å². The van der Waals surface area contributed by atoms with E-state index in [1.165, 1.54) is 19.2 Å². The highest BCUT2D eigenvalue weighted by atomic mass is 79.9. The average molecular weight is 393 g/mol. The number of carbonyl (C=O) groups is 1. The minimum absolute atomic E-state index is 0.0134. The van der Waals surface area contributed by atoms with Crippen LogP contribution in [-0.2, 0) is 14.8 Å². The second kappa shape index (κ2) is 8.61. The molecule has 22 heavy (non-hydrogen) atoms. The van der Waals surface area contributed by atoms with E-state index >= 15 is 0 Å². The van der Waals surface area contributed by atoms with Crippen molar-refractivity contribution in [3.63, 3.8) is 0 Å². The molecule has 1 rings (SSSR count). The summed E-state index contributed by atoms with van der Waals surface area (Å²) >= 11 is 3.28. The van der Waals surface area contributed by atoms with E-state index < -0.39 is 10.0 Å². The van der Waals surface area contributed by atoms with Gasteiger partial charge in [-0.25, -0.2) is 13.1 Å². The Hall–Kier alpha value is -0.960. The molecule has 0 fully saturated rings. The Kier molecular flexibility index (Phi) is 7.47. The van der Waals surface area contributed by atoms with Gasteiger partial charge in [0.05, 0.1) is 17.1 Å². The number of hydrogen-bond acceptors (Lipinski definition) is 4. The molecule has 2 N–H and O–H groups in total. The normalized spacial score (nSPS) is 12.9. The van der Waals surface area contributed by atoms with Crippen LogP contribution in [-0.4, -0.2) is 40.6 Å². The highest BCUT2D eigenvalue weighted by Crippen LogP contribution is 2.21. The first-order valence-electron chi connectivity index (χ1n) is 6.90. The molecule has 0 radical (unpaired) electrons. The van der Waals surface area contributed by atoms with Gasteiger partial charge < -0.3 is 10.1 Å². The van der Waals surface area contributed by atoms with Crippen LogP contribution in [0.5, 0.6) is 0 Å². The molecule has 0 bridgehead atoms. The van der Waals surface area contributed by atoms with E-state index in [0.29, 0.717) is 4.47 Å². The fraction of sp³-hybridized carbons (Fsp3) is 0.500. The van der Waals surface area contributed by atoms with Crippen LogP contribution in [0.4, 0.5) is 0 Å². The second-order valence-corrected chi connectivity index (χ2v) is 7.44. The smallest absolute Gasteiger partial charge is 0.252 e. The van der Waals surface area contributed by atoms with Gasteiger partial charge in [0.25, 0.3) is 5.91 Å². The van der Waals surface area contributed by atoms with E-state index in [9.17, 15) is 13.2 Å². The first-order valence-corrected chi connectivity index (χ1v) is 9.18. The molecule has 0 aromatic heterocycles. The molecule has 0 aliphatic carbocycles. The molecule has 0 heterocycles.